The van der Waals surface area contributed by atoms with Gasteiger partial charge < -0.3 is 4.98 Å². The predicted octanol–water partition coefficient (Wildman–Crippen LogP) is 4.58. The van der Waals surface area contributed by atoms with Crippen molar-refractivity contribution in [3.8, 4) is 11.3 Å². The fraction of sp³-hybridized carbons (Fsp3) is 0. The number of carbonyl (C=O) groups is 1. The van der Waals surface area contributed by atoms with E-state index in [1.54, 1.807) is 6.07 Å². The van der Waals surface area contributed by atoms with Crippen LogP contribution in [0.1, 0.15) is 10.4 Å². The van der Waals surface area contributed by atoms with E-state index in [-0.39, 0.29) is 10.5 Å². The lowest BCUT2D eigenvalue weighted by molar-refractivity contribution is 0.112. The molecule has 0 amide bonds. The number of aromatic nitrogens is 1. The number of aromatic amines is 1. The summed E-state index contributed by atoms with van der Waals surface area (Å²) >= 11 is 5.74. The number of fused-ring (bicyclic) bond motifs is 1. The van der Waals surface area contributed by atoms with Crippen molar-refractivity contribution in [3.05, 3.63) is 58.6 Å². The van der Waals surface area contributed by atoms with Gasteiger partial charge in [0.15, 0.2) is 6.29 Å². The van der Waals surface area contributed by atoms with Gasteiger partial charge in [-0.2, -0.15) is 0 Å². The topological polar surface area (TPSA) is 32.9 Å². The van der Waals surface area contributed by atoms with Gasteiger partial charge in [-0.1, -0.05) is 23.7 Å². The van der Waals surface area contributed by atoms with Crippen molar-refractivity contribution < 1.29 is 13.6 Å². The first kappa shape index (κ1) is 12.8. The first-order valence-electron chi connectivity index (χ1n) is 5.82. The molecule has 0 bridgehead atoms. The fourth-order valence-electron chi connectivity index (χ4n) is 2.20. The van der Waals surface area contributed by atoms with Gasteiger partial charge in [-0.25, -0.2) is 8.78 Å². The molecule has 1 heterocycles. The summed E-state index contributed by atoms with van der Waals surface area (Å²) in [5.74, 6) is -1.00. The molecule has 0 saturated carbocycles. The highest BCUT2D eigenvalue weighted by Gasteiger charge is 2.15. The van der Waals surface area contributed by atoms with E-state index in [1.807, 2.05) is 0 Å². The molecule has 0 unspecified atom stereocenters. The minimum absolute atomic E-state index is 0.0570. The third-order valence-corrected chi connectivity index (χ3v) is 3.44. The van der Waals surface area contributed by atoms with Crippen LogP contribution in [0.5, 0.6) is 0 Å². The Hall–Kier alpha value is -2.20. The first-order valence-corrected chi connectivity index (χ1v) is 6.20. The van der Waals surface area contributed by atoms with Gasteiger partial charge in [-0.15, -0.1) is 0 Å². The van der Waals surface area contributed by atoms with Crippen LogP contribution < -0.4 is 0 Å². The Morgan fingerprint density at radius 2 is 1.90 bits per heavy atom. The molecule has 3 aromatic rings. The van der Waals surface area contributed by atoms with E-state index in [9.17, 15) is 13.6 Å². The molecule has 3 rings (SSSR count). The van der Waals surface area contributed by atoms with E-state index in [4.69, 9.17) is 11.6 Å². The Morgan fingerprint density at radius 1 is 1.10 bits per heavy atom. The second-order valence-corrected chi connectivity index (χ2v) is 4.73. The smallest absolute Gasteiger partial charge is 0.152 e. The Morgan fingerprint density at radius 3 is 2.60 bits per heavy atom. The van der Waals surface area contributed by atoms with Crippen molar-refractivity contribution in [2.75, 3.05) is 0 Å². The number of aldehydes is 1. The molecule has 0 fully saturated rings. The molecule has 1 aromatic heterocycles. The predicted molar refractivity (Wildman–Crippen MR) is 74.0 cm³/mol. The van der Waals surface area contributed by atoms with Crippen LogP contribution in [0.25, 0.3) is 22.2 Å². The maximum Gasteiger partial charge on any atom is 0.152 e. The number of hydrogen-bond donors (Lipinski definition) is 1. The lowest BCUT2D eigenvalue weighted by Crippen LogP contribution is -1.86. The lowest BCUT2D eigenvalue weighted by atomic mass is 10.1. The third kappa shape index (κ3) is 1.89. The van der Waals surface area contributed by atoms with Crippen LogP contribution in [-0.2, 0) is 0 Å². The van der Waals surface area contributed by atoms with Crippen molar-refractivity contribution >= 4 is 28.8 Å². The van der Waals surface area contributed by atoms with Crippen molar-refractivity contribution in [2.24, 2.45) is 0 Å². The summed E-state index contributed by atoms with van der Waals surface area (Å²) in [6.45, 7) is 0. The summed E-state index contributed by atoms with van der Waals surface area (Å²) in [6.07, 6.45) is 0.644. The van der Waals surface area contributed by atoms with Crippen LogP contribution >= 0.6 is 11.6 Å². The van der Waals surface area contributed by atoms with Crippen molar-refractivity contribution in [1.82, 2.24) is 4.98 Å². The lowest BCUT2D eigenvalue weighted by Gasteiger charge is -2.01. The minimum atomic E-state index is -0.551. The average Bonchev–Trinajstić information content (AvgIpc) is 2.82. The molecule has 0 atom stereocenters. The summed E-state index contributed by atoms with van der Waals surface area (Å²) in [5.41, 5.74) is 1.50. The number of benzene rings is 2. The summed E-state index contributed by atoms with van der Waals surface area (Å²) in [6, 6.07) is 8.56. The van der Waals surface area contributed by atoms with Crippen LogP contribution in [0.4, 0.5) is 8.78 Å². The average molecular weight is 292 g/mol. The molecule has 0 aliphatic heterocycles. The third-order valence-electron chi connectivity index (χ3n) is 3.15. The van der Waals surface area contributed by atoms with Gasteiger partial charge in [-0.3, -0.25) is 4.79 Å². The Balaban J connectivity index is 2.33. The SMILES string of the molecule is O=Cc1c(-c2ccc(F)c(Cl)c2)[nH]c2c(F)cccc12. The molecule has 0 aliphatic carbocycles. The Kier molecular flexibility index (Phi) is 3.03. The standard InChI is InChI=1S/C15H8ClF2NO/c16-11-6-8(4-5-12(11)17)14-10(7-20)9-2-1-3-13(18)15(9)19-14/h1-7,19H. The monoisotopic (exact) mass is 291 g/mol. The van der Waals surface area contributed by atoms with Crippen molar-refractivity contribution in [1.29, 1.82) is 0 Å². The number of H-pyrrole nitrogens is 1. The maximum atomic E-state index is 13.7. The molecule has 0 saturated heterocycles. The Bertz CT molecular complexity index is 826. The molecule has 0 spiro atoms. The summed E-state index contributed by atoms with van der Waals surface area (Å²) in [4.78, 5) is 14.1. The van der Waals surface area contributed by atoms with Crippen LogP contribution in [-0.4, -0.2) is 11.3 Å². The number of rotatable bonds is 2. The van der Waals surface area contributed by atoms with E-state index in [1.165, 1.54) is 30.3 Å². The highest BCUT2D eigenvalue weighted by Crippen LogP contribution is 2.32. The summed E-state index contributed by atoms with van der Waals surface area (Å²) in [7, 11) is 0. The number of para-hydroxylation sites is 1. The van der Waals surface area contributed by atoms with E-state index in [0.717, 1.165) is 0 Å². The van der Waals surface area contributed by atoms with E-state index in [0.29, 0.717) is 28.5 Å². The number of carbonyl (C=O) groups excluding carboxylic acids is 1. The van der Waals surface area contributed by atoms with E-state index < -0.39 is 11.6 Å². The van der Waals surface area contributed by atoms with Crippen LogP contribution in [0, 0.1) is 11.6 Å². The van der Waals surface area contributed by atoms with Crippen molar-refractivity contribution in [2.45, 2.75) is 0 Å². The molecule has 0 aliphatic rings. The molecular weight excluding hydrogens is 284 g/mol. The molecular formula is C15H8ClF2NO. The normalized spacial score (nSPS) is 10.9. The minimum Gasteiger partial charge on any atom is -0.352 e. The first-order chi connectivity index (χ1) is 9.61. The number of hydrogen-bond acceptors (Lipinski definition) is 1. The molecule has 5 heteroatoms. The van der Waals surface area contributed by atoms with Gasteiger partial charge in [0.1, 0.15) is 11.6 Å². The van der Waals surface area contributed by atoms with E-state index in [2.05, 4.69) is 4.98 Å². The second-order valence-electron chi connectivity index (χ2n) is 4.32. The number of nitrogens with one attached hydrogen (secondary N) is 1. The highest BCUT2D eigenvalue weighted by atomic mass is 35.5. The van der Waals surface area contributed by atoms with E-state index >= 15 is 0 Å². The molecule has 2 aromatic carbocycles. The van der Waals surface area contributed by atoms with Crippen LogP contribution in [0.15, 0.2) is 36.4 Å². The Labute approximate surface area is 118 Å². The van der Waals surface area contributed by atoms with Crippen molar-refractivity contribution in [3.63, 3.8) is 0 Å². The second kappa shape index (κ2) is 4.72. The van der Waals surface area contributed by atoms with Gasteiger partial charge in [0.05, 0.1) is 16.2 Å². The fourth-order valence-corrected chi connectivity index (χ4v) is 2.38. The molecule has 1 N–H and O–H groups in total. The summed E-state index contributed by atoms with van der Waals surface area (Å²) in [5, 5.41) is 0.425. The van der Waals surface area contributed by atoms with Gasteiger partial charge in [0.2, 0.25) is 0 Å². The van der Waals surface area contributed by atoms with Crippen LogP contribution in [0.2, 0.25) is 5.02 Å². The highest BCUT2D eigenvalue weighted by molar-refractivity contribution is 6.31. The van der Waals surface area contributed by atoms with Crippen LogP contribution in [0.3, 0.4) is 0 Å². The zero-order valence-corrected chi connectivity index (χ0v) is 10.8. The molecule has 0 radical (unpaired) electrons. The largest absolute Gasteiger partial charge is 0.352 e. The summed E-state index contributed by atoms with van der Waals surface area (Å²) < 4.78 is 26.9. The van der Waals surface area contributed by atoms with Gasteiger partial charge in [0, 0.05) is 16.5 Å². The number of halogens is 3. The zero-order valence-electron chi connectivity index (χ0n) is 10.1. The van der Waals surface area contributed by atoms with Gasteiger partial charge in [-0.05, 0) is 24.3 Å². The zero-order chi connectivity index (χ0) is 14.3. The molecule has 20 heavy (non-hydrogen) atoms. The quantitative estimate of drug-likeness (QED) is 0.689. The molecule has 100 valence electrons. The van der Waals surface area contributed by atoms with Gasteiger partial charge in [0.25, 0.3) is 0 Å². The maximum absolute atomic E-state index is 13.7. The molecule has 2 nitrogen and oxygen atoms in total. The van der Waals surface area contributed by atoms with Gasteiger partial charge >= 0.3 is 0 Å².